The minimum atomic E-state index is -4.48. The summed E-state index contributed by atoms with van der Waals surface area (Å²) in [5.41, 5.74) is 0.150. The van der Waals surface area contributed by atoms with E-state index in [0.717, 1.165) is 17.0 Å². The van der Waals surface area contributed by atoms with Gasteiger partial charge >= 0.3 is 18.2 Å². The van der Waals surface area contributed by atoms with Gasteiger partial charge < -0.3 is 15.1 Å². The molecule has 3 atom stereocenters. The first kappa shape index (κ1) is 22.5. The van der Waals surface area contributed by atoms with Crippen LogP contribution in [0.5, 0.6) is 0 Å². The molecule has 8 nitrogen and oxygen atoms in total. The summed E-state index contributed by atoms with van der Waals surface area (Å²) in [6, 6.07) is 8.07. The first-order chi connectivity index (χ1) is 16.1. The van der Waals surface area contributed by atoms with Crippen molar-refractivity contribution in [3.8, 4) is 6.07 Å². The highest BCUT2D eigenvalue weighted by Gasteiger charge is 2.63. The van der Waals surface area contributed by atoms with E-state index in [1.807, 2.05) is 28.7 Å². The Kier molecular flexibility index (Phi) is 5.19. The molecule has 12 heteroatoms. The Morgan fingerprint density at radius 2 is 1.85 bits per heavy atom. The number of carbonyl (C=O) groups is 3. The van der Waals surface area contributed by atoms with E-state index in [2.05, 4.69) is 5.32 Å². The summed E-state index contributed by atoms with van der Waals surface area (Å²) in [7, 11) is 0. The maximum Gasteiger partial charge on any atom is 0.416 e. The van der Waals surface area contributed by atoms with E-state index in [0.29, 0.717) is 21.2 Å². The molecule has 3 aliphatic heterocycles. The largest absolute Gasteiger partial charge is 0.416 e. The summed E-state index contributed by atoms with van der Waals surface area (Å²) in [6.07, 6.45) is -4.03. The Labute approximate surface area is 205 Å². The van der Waals surface area contributed by atoms with E-state index in [1.54, 1.807) is 12.1 Å². The quantitative estimate of drug-likeness (QED) is 0.429. The van der Waals surface area contributed by atoms with Crippen molar-refractivity contribution in [2.75, 3.05) is 16.8 Å². The summed E-state index contributed by atoms with van der Waals surface area (Å²) in [5.74, 6) is -0.454. The van der Waals surface area contributed by atoms with Crippen LogP contribution in [0.3, 0.4) is 0 Å². The minimum absolute atomic E-state index is 0.195. The number of fused-ring (bicyclic) bond motifs is 5. The molecule has 2 bridgehead atoms. The summed E-state index contributed by atoms with van der Waals surface area (Å²) < 4.78 is 38.9. The standard InChI is InChI=1S/C22H15F3IN5O3/c23-22(24,25)12-2-4-13(5-3-12)28-20(33)29-10-15-8-17(29)18-19(32)31(21(34)30(15)18)14-6-1-11(9-27)16(26)7-14/h1-7,15,17-18H,8,10H2,(H,28,33)/t15-,17-,18+/m0/s1. The molecule has 3 saturated heterocycles. The zero-order valence-corrected chi connectivity index (χ0v) is 19.4. The van der Waals surface area contributed by atoms with Crippen LogP contribution in [0.25, 0.3) is 0 Å². The molecule has 0 spiro atoms. The van der Waals surface area contributed by atoms with E-state index in [4.69, 9.17) is 5.26 Å². The first-order valence-electron chi connectivity index (χ1n) is 10.2. The highest BCUT2D eigenvalue weighted by molar-refractivity contribution is 14.1. The van der Waals surface area contributed by atoms with E-state index in [9.17, 15) is 27.6 Å². The first-order valence-corrected chi connectivity index (χ1v) is 11.3. The number of nitrogens with one attached hydrogen (secondary N) is 1. The number of nitrogens with zero attached hydrogens (tertiary/aromatic N) is 4. The molecule has 2 aromatic carbocycles. The molecule has 2 aromatic rings. The Bertz CT molecular complexity index is 1260. The molecule has 3 aliphatic rings. The fraction of sp³-hybridized carbons (Fsp3) is 0.273. The number of carbonyl (C=O) groups excluding carboxylic acids is 3. The van der Waals surface area contributed by atoms with E-state index in [1.165, 1.54) is 28.0 Å². The maximum absolute atomic E-state index is 13.2. The van der Waals surface area contributed by atoms with Crippen molar-refractivity contribution < 1.29 is 27.6 Å². The zero-order chi connectivity index (χ0) is 24.4. The third-order valence-corrected chi connectivity index (χ3v) is 7.21. The van der Waals surface area contributed by atoms with Gasteiger partial charge in [-0.2, -0.15) is 18.4 Å². The van der Waals surface area contributed by atoms with Gasteiger partial charge in [0.25, 0.3) is 5.91 Å². The van der Waals surface area contributed by atoms with Crippen molar-refractivity contribution in [1.29, 1.82) is 5.26 Å². The van der Waals surface area contributed by atoms with Crippen LogP contribution in [0.15, 0.2) is 42.5 Å². The number of amides is 5. The summed E-state index contributed by atoms with van der Waals surface area (Å²) >= 11 is 1.96. The monoisotopic (exact) mass is 581 g/mol. The van der Waals surface area contributed by atoms with E-state index < -0.39 is 41.8 Å². The molecule has 0 aliphatic carbocycles. The third kappa shape index (κ3) is 3.46. The lowest BCUT2D eigenvalue weighted by Crippen LogP contribution is -2.55. The Balaban J connectivity index is 1.34. The van der Waals surface area contributed by atoms with Gasteiger partial charge in [0.05, 0.1) is 28.9 Å². The predicted octanol–water partition coefficient (Wildman–Crippen LogP) is 4.01. The molecule has 174 valence electrons. The molecule has 5 amide bonds. The van der Waals surface area contributed by atoms with Crippen LogP contribution < -0.4 is 10.2 Å². The molecule has 0 radical (unpaired) electrons. The van der Waals surface area contributed by atoms with Crippen LogP contribution >= 0.6 is 22.6 Å². The lowest BCUT2D eigenvalue weighted by molar-refractivity contribution is -0.137. The van der Waals surface area contributed by atoms with Crippen LogP contribution in [-0.4, -0.2) is 52.4 Å². The van der Waals surface area contributed by atoms with Crippen molar-refractivity contribution in [2.45, 2.75) is 30.7 Å². The Morgan fingerprint density at radius 3 is 2.47 bits per heavy atom. The van der Waals surface area contributed by atoms with Crippen molar-refractivity contribution in [1.82, 2.24) is 9.80 Å². The number of urea groups is 2. The molecule has 3 heterocycles. The highest BCUT2D eigenvalue weighted by Crippen LogP contribution is 2.42. The van der Waals surface area contributed by atoms with Gasteiger partial charge in [-0.25, -0.2) is 14.5 Å². The molecule has 3 fully saturated rings. The summed E-state index contributed by atoms with van der Waals surface area (Å²) in [6.45, 7) is 0.214. The van der Waals surface area contributed by atoms with E-state index >= 15 is 0 Å². The van der Waals surface area contributed by atoms with Crippen molar-refractivity contribution in [3.05, 3.63) is 57.2 Å². The number of anilines is 2. The van der Waals surface area contributed by atoms with Gasteiger partial charge in [-0.3, -0.25) is 4.79 Å². The fourth-order valence-electron chi connectivity index (χ4n) is 4.80. The number of imide groups is 1. The second-order valence-electron chi connectivity index (χ2n) is 8.20. The number of likely N-dealkylation sites (tertiary alicyclic amines) is 1. The molecule has 1 N–H and O–H groups in total. The number of hydrogen-bond donors (Lipinski definition) is 1. The van der Waals surface area contributed by atoms with Crippen LogP contribution in [0.2, 0.25) is 0 Å². The maximum atomic E-state index is 13.2. The smallest absolute Gasteiger partial charge is 0.317 e. The number of benzene rings is 2. The average molecular weight is 581 g/mol. The fourth-order valence-corrected chi connectivity index (χ4v) is 5.42. The van der Waals surface area contributed by atoms with Crippen LogP contribution in [-0.2, 0) is 11.0 Å². The SMILES string of the molecule is N#Cc1ccc(N2C(=O)[C@H]3[C@@H]4C[C@@H](CN4C(=O)Nc4ccc(C(F)(F)F)cc4)N3C2=O)cc1I. The van der Waals surface area contributed by atoms with Gasteiger partial charge in [-0.1, -0.05) is 0 Å². The van der Waals surface area contributed by atoms with E-state index in [-0.39, 0.29) is 18.3 Å². The molecule has 5 rings (SSSR count). The lowest BCUT2D eigenvalue weighted by atomic mass is 10.1. The molecule has 34 heavy (non-hydrogen) atoms. The van der Waals surface area contributed by atoms with Gasteiger partial charge in [-0.05, 0) is 71.5 Å². The zero-order valence-electron chi connectivity index (χ0n) is 17.2. The normalized spacial score (nSPS) is 23.4. The molecule has 0 aromatic heterocycles. The molecule has 0 saturated carbocycles. The molecule has 0 unspecified atom stereocenters. The predicted molar refractivity (Wildman–Crippen MR) is 122 cm³/mol. The minimum Gasteiger partial charge on any atom is -0.317 e. The van der Waals surface area contributed by atoms with Crippen LogP contribution in [0, 0.1) is 14.9 Å². The number of rotatable bonds is 2. The van der Waals surface area contributed by atoms with Crippen molar-refractivity contribution >= 4 is 51.9 Å². The third-order valence-electron chi connectivity index (χ3n) is 6.32. The Hall–Kier alpha value is -3.34. The second kappa shape index (κ2) is 7.86. The number of nitriles is 1. The van der Waals surface area contributed by atoms with Gasteiger partial charge in [0.1, 0.15) is 12.1 Å². The highest BCUT2D eigenvalue weighted by atomic mass is 127. The average Bonchev–Trinajstić information content (AvgIpc) is 3.45. The number of alkyl halides is 3. The molecular weight excluding hydrogens is 566 g/mol. The van der Waals surface area contributed by atoms with Crippen LogP contribution in [0.1, 0.15) is 17.5 Å². The summed E-state index contributed by atoms with van der Waals surface area (Å²) in [5, 5.41) is 11.7. The van der Waals surface area contributed by atoms with Gasteiger partial charge in [0.2, 0.25) is 0 Å². The topological polar surface area (TPSA) is 96.8 Å². The number of hydrogen-bond acceptors (Lipinski definition) is 4. The number of halogens is 4. The van der Waals surface area contributed by atoms with Crippen molar-refractivity contribution in [2.24, 2.45) is 0 Å². The van der Waals surface area contributed by atoms with Gasteiger partial charge in [-0.15, -0.1) is 0 Å². The molecular formula is C22H15F3IN5O3. The van der Waals surface area contributed by atoms with Gasteiger partial charge in [0, 0.05) is 15.8 Å². The van der Waals surface area contributed by atoms with Crippen molar-refractivity contribution in [3.63, 3.8) is 0 Å². The Morgan fingerprint density at radius 1 is 1.15 bits per heavy atom. The summed E-state index contributed by atoms with van der Waals surface area (Å²) in [4.78, 5) is 43.2. The lowest BCUT2D eigenvalue weighted by Gasteiger charge is -2.34. The second-order valence-corrected chi connectivity index (χ2v) is 9.36. The van der Waals surface area contributed by atoms with Crippen LogP contribution in [0.4, 0.5) is 34.1 Å². The number of piperazine rings is 1. The van der Waals surface area contributed by atoms with Gasteiger partial charge in [0.15, 0.2) is 0 Å².